The highest BCUT2D eigenvalue weighted by molar-refractivity contribution is 5.29. The predicted octanol–water partition coefficient (Wildman–Crippen LogP) is 1.86. The van der Waals surface area contributed by atoms with E-state index >= 15 is 0 Å². The molecule has 2 heterocycles. The van der Waals surface area contributed by atoms with Crippen molar-refractivity contribution in [2.75, 3.05) is 0 Å². The number of rotatable bonds is 4. The molecule has 0 fully saturated rings. The summed E-state index contributed by atoms with van der Waals surface area (Å²) < 4.78 is 5.62. The van der Waals surface area contributed by atoms with Crippen molar-refractivity contribution in [1.82, 2.24) is 9.97 Å². The van der Waals surface area contributed by atoms with Crippen LogP contribution in [0.15, 0.2) is 36.7 Å². The van der Waals surface area contributed by atoms with Gasteiger partial charge in [0.1, 0.15) is 18.1 Å². The molecule has 0 atom stereocenters. The number of aliphatic hydroxyl groups is 1. The molecule has 0 aliphatic carbocycles. The largest absolute Gasteiger partial charge is 0.487 e. The lowest BCUT2D eigenvalue weighted by atomic mass is 10.2. The monoisotopic (exact) mass is 230 g/mol. The molecule has 0 bridgehead atoms. The molecule has 1 N–H and O–H groups in total. The summed E-state index contributed by atoms with van der Waals surface area (Å²) in [6.45, 7) is 2.21. The molecule has 88 valence electrons. The second-order valence-electron chi connectivity index (χ2n) is 3.70. The number of aliphatic hydroxyl groups excluding tert-OH is 1. The molecular formula is C13H14N2O2. The van der Waals surface area contributed by atoms with Gasteiger partial charge in [-0.2, -0.15) is 0 Å². The van der Waals surface area contributed by atoms with Crippen LogP contribution in [0.5, 0.6) is 5.75 Å². The zero-order valence-electron chi connectivity index (χ0n) is 9.63. The number of ether oxygens (including phenoxy) is 1. The molecule has 0 saturated heterocycles. The van der Waals surface area contributed by atoms with Crippen molar-refractivity contribution in [2.24, 2.45) is 0 Å². The number of nitrogens with zero attached hydrogens (tertiary/aromatic N) is 2. The van der Waals surface area contributed by atoms with Gasteiger partial charge in [0.25, 0.3) is 0 Å². The summed E-state index contributed by atoms with van der Waals surface area (Å²) in [6.07, 6.45) is 3.44. The summed E-state index contributed by atoms with van der Waals surface area (Å²) in [4.78, 5) is 8.15. The maximum absolute atomic E-state index is 9.19. The first kappa shape index (κ1) is 11.5. The van der Waals surface area contributed by atoms with Gasteiger partial charge in [-0.1, -0.05) is 0 Å². The summed E-state index contributed by atoms with van der Waals surface area (Å²) >= 11 is 0. The van der Waals surface area contributed by atoms with Crippen molar-refractivity contribution in [3.05, 3.63) is 53.6 Å². The summed E-state index contributed by atoms with van der Waals surface area (Å²) in [6, 6.07) is 7.47. The minimum absolute atomic E-state index is 0.118. The van der Waals surface area contributed by atoms with Gasteiger partial charge in [0.15, 0.2) is 0 Å². The van der Waals surface area contributed by atoms with Crippen LogP contribution in [0.3, 0.4) is 0 Å². The number of pyridine rings is 2. The highest BCUT2D eigenvalue weighted by atomic mass is 16.5. The van der Waals surface area contributed by atoms with E-state index in [1.54, 1.807) is 12.4 Å². The first-order chi connectivity index (χ1) is 8.29. The molecule has 4 heteroatoms. The SMILES string of the molecule is Cc1ccc(OCc2ccncc2)c(CO)n1. The zero-order valence-corrected chi connectivity index (χ0v) is 9.63. The van der Waals surface area contributed by atoms with E-state index in [4.69, 9.17) is 4.74 Å². The molecule has 0 amide bonds. The van der Waals surface area contributed by atoms with Crippen LogP contribution in [0, 0.1) is 6.92 Å². The van der Waals surface area contributed by atoms with Crippen molar-refractivity contribution in [2.45, 2.75) is 20.1 Å². The Bertz CT molecular complexity index is 486. The van der Waals surface area contributed by atoms with Gasteiger partial charge in [0.2, 0.25) is 0 Å². The summed E-state index contributed by atoms with van der Waals surface area (Å²) in [5.41, 5.74) is 2.47. The van der Waals surface area contributed by atoms with E-state index in [-0.39, 0.29) is 6.61 Å². The van der Waals surface area contributed by atoms with Crippen molar-refractivity contribution in [3.63, 3.8) is 0 Å². The van der Waals surface area contributed by atoms with Crippen LogP contribution in [0.1, 0.15) is 17.0 Å². The molecule has 4 nitrogen and oxygen atoms in total. The molecule has 2 aromatic heterocycles. The number of aryl methyl sites for hydroxylation is 1. The molecule has 2 rings (SSSR count). The van der Waals surface area contributed by atoms with E-state index in [2.05, 4.69) is 9.97 Å². The second kappa shape index (κ2) is 5.41. The predicted molar refractivity (Wildman–Crippen MR) is 63.5 cm³/mol. The van der Waals surface area contributed by atoms with Crippen molar-refractivity contribution >= 4 is 0 Å². The minimum atomic E-state index is -0.118. The third kappa shape index (κ3) is 3.01. The molecule has 0 spiro atoms. The molecule has 0 aromatic carbocycles. The average Bonchev–Trinajstić information content (AvgIpc) is 2.38. The third-order valence-electron chi connectivity index (χ3n) is 2.37. The Balaban J connectivity index is 2.09. The Morgan fingerprint density at radius 2 is 1.94 bits per heavy atom. The van der Waals surface area contributed by atoms with Gasteiger partial charge in [-0.3, -0.25) is 9.97 Å². The highest BCUT2D eigenvalue weighted by Crippen LogP contribution is 2.18. The fourth-order valence-corrected chi connectivity index (χ4v) is 1.48. The van der Waals surface area contributed by atoms with Gasteiger partial charge in [-0.15, -0.1) is 0 Å². The lowest BCUT2D eigenvalue weighted by Gasteiger charge is -2.09. The molecule has 0 unspecified atom stereocenters. The minimum Gasteiger partial charge on any atom is -0.487 e. The van der Waals surface area contributed by atoms with E-state index in [0.717, 1.165) is 11.3 Å². The molecule has 17 heavy (non-hydrogen) atoms. The first-order valence-electron chi connectivity index (χ1n) is 5.38. The van der Waals surface area contributed by atoms with E-state index in [1.165, 1.54) is 0 Å². The van der Waals surface area contributed by atoms with E-state index in [0.29, 0.717) is 18.1 Å². The van der Waals surface area contributed by atoms with E-state index in [9.17, 15) is 5.11 Å². The fourth-order valence-electron chi connectivity index (χ4n) is 1.48. The lowest BCUT2D eigenvalue weighted by molar-refractivity contribution is 0.253. The normalized spacial score (nSPS) is 10.2. The van der Waals surface area contributed by atoms with Gasteiger partial charge >= 0.3 is 0 Å². The first-order valence-corrected chi connectivity index (χ1v) is 5.38. The standard InChI is InChI=1S/C13H14N2O2/c1-10-2-3-13(12(8-16)15-10)17-9-11-4-6-14-7-5-11/h2-7,16H,8-9H2,1H3. The Hall–Kier alpha value is -1.94. The van der Waals surface area contributed by atoms with Crippen molar-refractivity contribution < 1.29 is 9.84 Å². The summed E-state index contributed by atoms with van der Waals surface area (Å²) in [7, 11) is 0. The van der Waals surface area contributed by atoms with Gasteiger partial charge < -0.3 is 9.84 Å². The Morgan fingerprint density at radius 3 is 2.65 bits per heavy atom. The lowest BCUT2D eigenvalue weighted by Crippen LogP contribution is -2.01. The van der Waals surface area contributed by atoms with Crippen LogP contribution in [0.25, 0.3) is 0 Å². The quantitative estimate of drug-likeness (QED) is 0.871. The van der Waals surface area contributed by atoms with Crippen LogP contribution in [-0.4, -0.2) is 15.1 Å². The molecule has 0 aliphatic rings. The Morgan fingerprint density at radius 1 is 1.18 bits per heavy atom. The maximum atomic E-state index is 9.19. The second-order valence-corrected chi connectivity index (χ2v) is 3.70. The number of hydrogen-bond donors (Lipinski definition) is 1. The Kier molecular flexibility index (Phi) is 3.67. The van der Waals surface area contributed by atoms with Gasteiger partial charge in [0.05, 0.1) is 6.61 Å². The fraction of sp³-hybridized carbons (Fsp3) is 0.231. The molecule has 2 aromatic rings. The summed E-state index contributed by atoms with van der Waals surface area (Å²) in [5.74, 6) is 0.620. The zero-order chi connectivity index (χ0) is 12.1. The number of hydrogen-bond acceptors (Lipinski definition) is 4. The topological polar surface area (TPSA) is 55.2 Å². The average molecular weight is 230 g/mol. The molecule has 0 radical (unpaired) electrons. The Labute approximate surface area is 99.9 Å². The third-order valence-corrected chi connectivity index (χ3v) is 2.37. The van der Waals surface area contributed by atoms with Crippen LogP contribution in [0.2, 0.25) is 0 Å². The van der Waals surface area contributed by atoms with Crippen LogP contribution >= 0.6 is 0 Å². The van der Waals surface area contributed by atoms with E-state index in [1.807, 2.05) is 31.2 Å². The van der Waals surface area contributed by atoms with Gasteiger partial charge in [0, 0.05) is 18.1 Å². The van der Waals surface area contributed by atoms with E-state index < -0.39 is 0 Å². The van der Waals surface area contributed by atoms with Crippen LogP contribution in [0.4, 0.5) is 0 Å². The molecular weight excluding hydrogens is 216 g/mol. The smallest absolute Gasteiger partial charge is 0.143 e. The van der Waals surface area contributed by atoms with Crippen LogP contribution < -0.4 is 4.74 Å². The number of aromatic nitrogens is 2. The van der Waals surface area contributed by atoms with Crippen molar-refractivity contribution in [1.29, 1.82) is 0 Å². The van der Waals surface area contributed by atoms with Crippen LogP contribution in [-0.2, 0) is 13.2 Å². The van der Waals surface area contributed by atoms with Gasteiger partial charge in [-0.25, -0.2) is 0 Å². The molecule has 0 aliphatic heterocycles. The summed E-state index contributed by atoms with van der Waals surface area (Å²) in [5, 5.41) is 9.19. The van der Waals surface area contributed by atoms with Gasteiger partial charge in [-0.05, 0) is 36.8 Å². The van der Waals surface area contributed by atoms with Crippen molar-refractivity contribution in [3.8, 4) is 5.75 Å². The maximum Gasteiger partial charge on any atom is 0.143 e. The molecule has 0 saturated carbocycles. The highest BCUT2D eigenvalue weighted by Gasteiger charge is 2.04.